The molecule has 2 rings (SSSR count). The summed E-state index contributed by atoms with van der Waals surface area (Å²) in [6, 6.07) is 6.06. The van der Waals surface area contributed by atoms with Crippen LogP contribution in [0.1, 0.15) is 32.8 Å². The van der Waals surface area contributed by atoms with Gasteiger partial charge in [-0.1, -0.05) is 0 Å². The van der Waals surface area contributed by atoms with Crippen molar-refractivity contribution in [3.63, 3.8) is 0 Å². The molecule has 1 N–H and O–H groups in total. The molecule has 1 saturated heterocycles. The molecule has 128 valence electrons. The van der Waals surface area contributed by atoms with E-state index in [1.54, 1.807) is 25.7 Å². The number of carbonyl (C=O) groups excluding carboxylic acids is 1. The Hall–Kier alpha value is -2.82. The summed E-state index contributed by atoms with van der Waals surface area (Å²) in [6.45, 7) is 6.34. The number of benzene rings is 1. The van der Waals surface area contributed by atoms with Crippen molar-refractivity contribution < 1.29 is 14.5 Å². The van der Waals surface area contributed by atoms with E-state index >= 15 is 0 Å². The lowest BCUT2D eigenvalue weighted by Gasteiger charge is -2.24. The van der Waals surface area contributed by atoms with Crippen LogP contribution in [0.2, 0.25) is 0 Å². The Morgan fingerprint density at radius 3 is 2.79 bits per heavy atom. The van der Waals surface area contributed by atoms with E-state index < -0.39 is 10.5 Å². The van der Waals surface area contributed by atoms with Gasteiger partial charge >= 0.3 is 6.09 Å². The minimum atomic E-state index is -0.561. The molecule has 0 bridgehead atoms. The molecule has 1 amide bonds. The highest BCUT2D eigenvalue weighted by Crippen LogP contribution is 2.28. The van der Waals surface area contributed by atoms with Crippen LogP contribution in [0.3, 0.4) is 0 Å². The number of nitro benzene ring substituents is 1. The molecule has 0 unspecified atom stereocenters. The predicted molar refractivity (Wildman–Crippen MR) is 87.6 cm³/mol. The zero-order valence-corrected chi connectivity index (χ0v) is 13.9. The Morgan fingerprint density at radius 2 is 2.21 bits per heavy atom. The molecule has 1 aromatic rings. The molecule has 8 nitrogen and oxygen atoms in total. The number of rotatable bonds is 3. The van der Waals surface area contributed by atoms with Crippen LogP contribution in [-0.4, -0.2) is 40.6 Å². The lowest BCUT2D eigenvalue weighted by atomic mass is 10.1. The van der Waals surface area contributed by atoms with E-state index in [1.807, 2.05) is 6.07 Å². The zero-order chi connectivity index (χ0) is 17.9. The Kier molecular flexibility index (Phi) is 4.93. The lowest BCUT2D eigenvalue weighted by Crippen LogP contribution is -2.36. The number of ether oxygens (including phenoxy) is 1. The summed E-state index contributed by atoms with van der Waals surface area (Å²) in [5, 5.41) is 23.1. The molecular weight excluding hydrogens is 312 g/mol. The van der Waals surface area contributed by atoms with Crippen LogP contribution >= 0.6 is 0 Å². The molecule has 1 aromatic carbocycles. The van der Waals surface area contributed by atoms with Crippen LogP contribution in [0.25, 0.3) is 0 Å². The van der Waals surface area contributed by atoms with Crippen LogP contribution in [0.15, 0.2) is 18.2 Å². The molecule has 0 spiro atoms. The fourth-order valence-corrected chi connectivity index (χ4v) is 2.46. The molecule has 0 radical (unpaired) electrons. The van der Waals surface area contributed by atoms with Gasteiger partial charge in [-0.15, -0.1) is 0 Å². The summed E-state index contributed by atoms with van der Waals surface area (Å²) in [6.07, 6.45) is 0.275. The number of anilines is 1. The first-order chi connectivity index (χ1) is 11.2. The average molecular weight is 332 g/mol. The first-order valence-corrected chi connectivity index (χ1v) is 7.62. The second-order valence-electron chi connectivity index (χ2n) is 6.66. The van der Waals surface area contributed by atoms with Gasteiger partial charge in [-0.2, -0.15) is 5.26 Å². The molecule has 1 aliphatic heterocycles. The summed E-state index contributed by atoms with van der Waals surface area (Å²) in [5.41, 5.74) is -0.136. The van der Waals surface area contributed by atoms with Crippen molar-refractivity contribution in [3.05, 3.63) is 33.9 Å². The Balaban J connectivity index is 2.05. The largest absolute Gasteiger partial charge is 0.444 e. The molecule has 0 aliphatic carbocycles. The Labute approximate surface area is 140 Å². The van der Waals surface area contributed by atoms with E-state index in [0.29, 0.717) is 25.2 Å². The number of nitrogens with one attached hydrogen (secondary N) is 1. The molecule has 1 atom stereocenters. The maximum atomic E-state index is 12.0. The first kappa shape index (κ1) is 17.5. The maximum absolute atomic E-state index is 12.0. The number of nitrogens with zero attached hydrogens (tertiary/aromatic N) is 3. The number of nitro groups is 1. The molecule has 8 heteroatoms. The Bertz CT molecular complexity index is 690. The summed E-state index contributed by atoms with van der Waals surface area (Å²) in [7, 11) is 0. The summed E-state index contributed by atoms with van der Waals surface area (Å²) in [5.74, 6) is 0. The van der Waals surface area contributed by atoms with Crippen LogP contribution in [-0.2, 0) is 4.74 Å². The fraction of sp³-hybridized carbons (Fsp3) is 0.500. The van der Waals surface area contributed by atoms with Gasteiger partial charge in [-0.25, -0.2) is 4.79 Å². The molecule has 0 aromatic heterocycles. The predicted octanol–water partition coefficient (Wildman–Crippen LogP) is 2.89. The second kappa shape index (κ2) is 6.74. The van der Waals surface area contributed by atoms with E-state index in [9.17, 15) is 14.9 Å². The first-order valence-electron chi connectivity index (χ1n) is 7.62. The van der Waals surface area contributed by atoms with Gasteiger partial charge < -0.3 is 15.0 Å². The van der Waals surface area contributed by atoms with Crippen LogP contribution < -0.4 is 5.32 Å². The van der Waals surface area contributed by atoms with Gasteiger partial charge in [0.2, 0.25) is 0 Å². The average Bonchev–Trinajstić information content (AvgIpc) is 2.94. The number of hydrogen-bond donors (Lipinski definition) is 1. The molecule has 0 saturated carbocycles. The monoisotopic (exact) mass is 332 g/mol. The lowest BCUT2D eigenvalue weighted by molar-refractivity contribution is -0.384. The number of hydrogen-bond acceptors (Lipinski definition) is 6. The minimum Gasteiger partial charge on any atom is -0.444 e. The third-order valence-corrected chi connectivity index (χ3v) is 3.52. The molecule has 1 aliphatic rings. The second-order valence-corrected chi connectivity index (χ2v) is 6.66. The van der Waals surface area contributed by atoms with Crippen molar-refractivity contribution in [1.82, 2.24) is 4.90 Å². The van der Waals surface area contributed by atoms with Crippen molar-refractivity contribution in [3.8, 4) is 6.07 Å². The number of likely N-dealkylation sites (tertiary alicyclic amines) is 1. The zero-order valence-electron chi connectivity index (χ0n) is 13.9. The van der Waals surface area contributed by atoms with Crippen molar-refractivity contribution in [2.24, 2.45) is 0 Å². The van der Waals surface area contributed by atoms with Gasteiger partial charge in [0, 0.05) is 25.2 Å². The number of carbonyl (C=O) groups is 1. The van der Waals surface area contributed by atoms with Crippen molar-refractivity contribution in [1.29, 1.82) is 5.26 Å². The van der Waals surface area contributed by atoms with E-state index in [1.165, 1.54) is 18.2 Å². The van der Waals surface area contributed by atoms with Gasteiger partial charge in [-0.3, -0.25) is 10.1 Å². The highest BCUT2D eigenvalue weighted by atomic mass is 16.6. The van der Waals surface area contributed by atoms with Crippen molar-refractivity contribution in [2.75, 3.05) is 18.4 Å². The summed E-state index contributed by atoms with van der Waals surface area (Å²) in [4.78, 5) is 24.3. The molecule has 1 fully saturated rings. The third-order valence-electron chi connectivity index (χ3n) is 3.52. The Morgan fingerprint density at radius 1 is 1.50 bits per heavy atom. The van der Waals surface area contributed by atoms with E-state index in [2.05, 4.69) is 5.32 Å². The van der Waals surface area contributed by atoms with E-state index in [-0.39, 0.29) is 23.4 Å². The van der Waals surface area contributed by atoms with Gasteiger partial charge in [0.1, 0.15) is 11.3 Å². The maximum Gasteiger partial charge on any atom is 0.410 e. The molecule has 1 heterocycles. The number of nitriles is 1. The van der Waals surface area contributed by atoms with Gasteiger partial charge in [-0.05, 0) is 39.3 Å². The van der Waals surface area contributed by atoms with Crippen LogP contribution in [0.5, 0.6) is 0 Å². The normalized spacial score (nSPS) is 17.2. The fourth-order valence-electron chi connectivity index (χ4n) is 2.46. The van der Waals surface area contributed by atoms with Crippen molar-refractivity contribution in [2.45, 2.75) is 38.8 Å². The van der Waals surface area contributed by atoms with Gasteiger partial charge in [0.15, 0.2) is 0 Å². The standard InChI is InChI=1S/C16H20N4O4/c1-16(2,3)24-15(21)19-7-6-12(10-19)18-13-5-4-11(9-17)8-14(13)20(22)23/h4-5,8,12,18H,6-7,10H2,1-3H3/t12-/m1/s1. The quantitative estimate of drug-likeness (QED) is 0.673. The smallest absolute Gasteiger partial charge is 0.410 e. The molecular formula is C16H20N4O4. The minimum absolute atomic E-state index is 0.107. The van der Waals surface area contributed by atoms with Crippen molar-refractivity contribution >= 4 is 17.5 Å². The summed E-state index contributed by atoms with van der Waals surface area (Å²) < 4.78 is 5.33. The third kappa shape index (κ3) is 4.35. The number of amides is 1. The van der Waals surface area contributed by atoms with Gasteiger partial charge in [0.25, 0.3) is 5.69 Å². The highest BCUT2D eigenvalue weighted by molar-refractivity contribution is 5.69. The van der Waals surface area contributed by atoms with E-state index in [4.69, 9.17) is 10.00 Å². The van der Waals surface area contributed by atoms with Crippen LogP contribution in [0.4, 0.5) is 16.2 Å². The molecule has 24 heavy (non-hydrogen) atoms. The van der Waals surface area contributed by atoms with E-state index in [0.717, 1.165) is 0 Å². The highest BCUT2D eigenvalue weighted by Gasteiger charge is 2.30. The van der Waals surface area contributed by atoms with Gasteiger partial charge in [0.05, 0.1) is 16.6 Å². The topological polar surface area (TPSA) is 108 Å². The summed E-state index contributed by atoms with van der Waals surface area (Å²) >= 11 is 0. The SMILES string of the molecule is CC(C)(C)OC(=O)N1CC[C@@H](Nc2ccc(C#N)cc2[N+](=O)[O-])C1. The van der Waals surface area contributed by atoms with Crippen LogP contribution in [0, 0.1) is 21.4 Å².